The Kier molecular flexibility index (Phi) is 46.0. The fourth-order valence-electron chi connectivity index (χ4n) is 12.0. The molecule has 6 amide bonds. The van der Waals surface area contributed by atoms with Crippen LogP contribution in [0.2, 0.25) is 0 Å². The van der Waals surface area contributed by atoms with Crippen LogP contribution >= 0.6 is 23.5 Å². The molecule has 0 spiro atoms. The summed E-state index contributed by atoms with van der Waals surface area (Å²) in [5.74, 6) is -11.2. The standard InChI is InChI=1S/C78H105N7O26S2.2Na/c1-50(86)84-65-60(88)46-77(75(98)99,110-69(65)67(92)62(90)48-82-71(94)56-19-15-54(16-20-56)52-11-5-3-6-12-52)108-28-9-41-112-43-26-80-73(96)58-23-24-59(64(45-58)107-40-39-106-38-37-105-36-35-104-34-33-103-32-31-102-30-25-79)74(97)81-27-44-113-42-10-29-109-78(76(100)101)47-61(89)66(85-51(2)87)70(111-78)68(93)63(91)49-83-72(95)57-21-17-55(18-22-57)53-13-7-4-8-14-53;;/h3-8,11-24,45,60-63,65-70,88-93H,9-10,25-44,46-49,79H2,1-2H3,(H,80,96)(H,81,97)(H,82,94)(H,83,95)(H,84,86)(H,85,87)(H,98,99)(H,100,101);;/q;2*+1/p-2/t60-,61-,62+,63+,65+,66+,67+,68+,69+,70+,77+,78+;;/m0../s1. The Hall–Kier alpha value is -6.28. The van der Waals surface area contributed by atoms with Gasteiger partial charge >= 0.3 is 59.1 Å². The van der Waals surface area contributed by atoms with Crippen molar-refractivity contribution < 1.29 is 186 Å². The molecule has 0 radical (unpaired) electrons. The number of rotatable bonds is 52. The number of ether oxygens (including phenoxy) is 10. The van der Waals surface area contributed by atoms with E-state index < -0.39 is 146 Å². The molecule has 2 aliphatic heterocycles. The molecule has 2 saturated heterocycles. The van der Waals surface area contributed by atoms with E-state index in [1.165, 1.54) is 41.7 Å². The summed E-state index contributed by atoms with van der Waals surface area (Å²) >= 11 is 2.74. The van der Waals surface area contributed by atoms with E-state index in [1.807, 2.05) is 60.7 Å². The summed E-state index contributed by atoms with van der Waals surface area (Å²) in [6, 6.07) is 33.6. The minimum absolute atomic E-state index is 0. The number of thioether (sulfide) groups is 2. The molecule has 2 heterocycles. The average molecular weight is 1660 g/mol. The number of amides is 6. The first kappa shape index (κ1) is 99.3. The number of aliphatic carboxylic acids is 2. The van der Waals surface area contributed by atoms with Crippen LogP contribution in [-0.4, -0.2) is 292 Å². The van der Waals surface area contributed by atoms with Crippen LogP contribution in [0.15, 0.2) is 127 Å². The third-order valence-corrected chi connectivity index (χ3v) is 19.9. The van der Waals surface area contributed by atoms with Crippen molar-refractivity contribution in [2.24, 2.45) is 5.73 Å². The van der Waals surface area contributed by atoms with Crippen LogP contribution in [0.3, 0.4) is 0 Å². The first-order valence-corrected chi connectivity index (χ1v) is 39.4. The number of hydrogen-bond donors (Lipinski definition) is 13. The van der Waals surface area contributed by atoms with Crippen LogP contribution in [-0.2, 0) is 61.8 Å². The summed E-state index contributed by atoms with van der Waals surface area (Å²) in [6.07, 6.45) is -15.6. The second kappa shape index (κ2) is 53.3. The van der Waals surface area contributed by atoms with Crippen molar-refractivity contribution in [1.29, 1.82) is 0 Å². The van der Waals surface area contributed by atoms with Crippen LogP contribution in [0.4, 0.5) is 0 Å². The zero-order valence-electron chi connectivity index (χ0n) is 65.0. The number of hydrogen-bond acceptors (Lipinski definition) is 29. The predicted octanol–water partition coefficient (Wildman–Crippen LogP) is -7.31. The minimum atomic E-state index is -2.65. The molecule has 33 nitrogen and oxygen atoms in total. The van der Waals surface area contributed by atoms with Crippen LogP contribution < -0.4 is 112 Å². The van der Waals surface area contributed by atoms with E-state index in [1.54, 1.807) is 48.5 Å². The van der Waals surface area contributed by atoms with Crippen molar-refractivity contribution in [2.75, 3.05) is 142 Å². The number of carbonyl (C=O) groups excluding carboxylic acids is 8. The largest absolute Gasteiger partial charge is 1.00 e. The van der Waals surface area contributed by atoms with Crippen molar-refractivity contribution in [3.63, 3.8) is 0 Å². The molecular weight excluding hydrogens is 1560 g/mol. The van der Waals surface area contributed by atoms with Gasteiger partial charge in [0, 0.05) is 87.6 Å². The van der Waals surface area contributed by atoms with Gasteiger partial charge in [-0.05, 0) is 89.1 Å². The van der Waals surface area contributed by atoms with Crippen LogP contribution in [0.5, 0.6) is 5.75 Å². The van der Waals surface area contributed by atoms with Crippen molar-refractivity contribution in [3.05, 3.63) is 150 Å². The van der Waals surface area contributed by atoms with E-state index in [0.717, 1.165) is 36.1 Å². The Morgan fingerprint density at radius 2 is 0.826 bits per heavy atom. The molecule has 37 heteroatoms. The number of carboxylic acid groups (broad SMARTS) is 2. The second-order valence-corrected chi connectivity index (χ2v) is 28.7. The minimum Gasteiger partial charge on any atom is -0.544 e. The van der Waals surface area contributed by atoms with Crippen molar-refractivity contribution >= 4 is 70.9 Å². The third kappa shape index (κ3) is 32.8. The summed E-state index contributed by atoms with van der Waals surface area (Å²) in [5.41, 5.74) is 9.70. The van der Waals surface area contributed by atoms with E-state index in [0.29, 0.717) is 75.8 Å². The van der Waals surface area contributed by atoms with Gasteiger partial charge < -0.3 is 135 Å². The van der Waals surface area contributed by atoms with E-state index in [-0.39, 0.29) is 153 Å². The number of nitrogens with one attached hydrogen (secondary N) is 6. The zero-order valence-corrected chi connectivity index (χ0v) is 70.7. The monoisotopic (exact) mass is 1660 g/mol. The third-order valence-electron chi connectivity index (χ3n) is 17.7. The summed E-state index contributed by atoms with van der Waals surface area (Å²) in [7, 11) is 0. The van der Waals surface area contributed by atoms with Crippen molar-refractivity contribution in [3.8, 4) is 28.0 Å². The fraction of sp³-hybridized carbons (Fsp3) is 0.513. The Labute approximate surface area is 720 Å². The topological polar surface area (TPSA) is 495 Å². The van der Waals surface area contributed by atoms with Gasteiger partial charge in [0.15, 0.2) is 0 Å². The molecule has 115 heavy (non-hydrogen) atoms. The quantitative estimate of drug-likeness (QED) is 0.0127. The molecule has 0 saturated carbocycles. The van der Waals surface area contributed by atoms with Gasteiger partial charge in [-0.1, -0.05) is 84.9 Å². The maximum absolute atomic E-state index is 13.8. The average Bonchev–Trinajstić information content (AvgIpc) is 0.772. The zero-order chi connectivity index (χ0) is 81.6. The van der Waals surface area contributed by atoms with Gasteiger partial charge in [0.1, 0.15) is 48.7 Å². The molecule has 0 aromatic heterocycles. The molecule has 2 aliphatic rings. The molecular formula is C78H103N7Na2O26S2. The molecule has 5 aromatic rings. The number of aliphatic hydroxyl groups is 6. The number of nitrogens with two attached hydrogens (primary N) is 1. The Bertz CT molecular complexity index is 3770. The SMILES string of the molecule is CC(=O)N[C@H]1[C@H]([C@H](O)[C@H](O)CNC(=O)c2ccc(-c3ccccc3)cc2)O[C@@](OCCCSCCNC(=O)c2ccc(C(=O)NCCSCCCO[C@]3(C(=O)[O-])C[C@H](O)[C@@H](NC(C)=O)[C@H]([C@H](O)[C@H](O)CNC(=O)c4ccc(-c5ccccc5)cc4)O3)c(OCCOCCOCCOCCOCCOCCN)c2)(C(=O)[O-])C[C@@H]1O.[Na+].[Na+]. The number of aliphatic hydroxyl groups excluding tert-OH is 6. The Balaban J connectivity index is 0.0000118. The first-order valence-electron chi connectivity index (χ1n) is 37.1. The fourth-order valence-corrected chi connectivity index (χ4v) is 13.5. The molecule has 14 N–H and O–H groups in total. The van der Waals surface area contributed by atoms with Gasteiger partial charge in [-0.15, -0.1) is 0 Å². The Morgan fingerprint density at radius 3 is 1.21 bits per heavy atom. The molecule has 5 aromatic carbocycles. The second-order valence-electron chi connectivity index (χ2n) is 26.2. The molecule has 7 rings (SSSR count). The summed E-state index contributed by atoms with van der Waals surface area (Å²) < 4.78 is 56.6. The van der Waals surface area contributed by atoms with Gasteiger partial charge in [-0.25, -0.2) is 0 Å². The van der Waals surface area contributed by atoms with Gasteiger partial charge in [-0.3, -0.25) is 28.8 Å². The van der Waals surface area contributed by atoms with Gasteiger partial charge in [0.05, 0.1) is 121 Å². The summed E-state index contributed by atoms with van der Waals surface area (Å²) in [6.45, 7) is 4.58. The van der Waals surface area contributed by atoms with Crippen molar-refractivity contribution in [1.82, 2.24) is 31.9 Å². The summed E-state index contributed by atoms with van der Waals surface area (Å²) in [4.78, 5) is 104. The molecule has 0 unspecified atom stereocenters. The normalized spacial score (nSPS) is 20.1. The van der Waals surface area contributed by atoms with E-state index in [9.17, 15) is 79.2 Å². The molecule has 2 fully saturated rings. The van der Waals surface area contributed by atoms with Gasteiger partial charge in [0.25, 0.3) is 23.6 Å². The maximum atomic E-state index is 13.8. The van der Waals surface area contributed by atoms with Gasteiger partial charge in [0.2, 0.25) is 23.4 Å². The molecule has 620 valence electrons. The van der Waals surface area contributed by atoms with E-state index in [4.69, 9.17) is 53.1 Å². The van der Waals surface area contributed by atoms with Crippen LogP contribution in [0, 0.1) is 0 Å². The number of benzene rings is 5. The molecule has 12 atom stereocenters. The Morgan fingerprint density at radius 1 is 0.470 bits per heavy atom. The van der Waals surface area contributed by atoms with Gasteiger partial charge in [-0.2, -0.15) is 23.5 Å². The first-order chi connectivity index (χ1) is 54.5. The van der Waals surface area contributed by atoms with Crippen LogP contribution in [0.25, 0.3) is 22.3 Å². The van der Waals surface area contributed by atoms with E-state index in [2.05, 4.69) is 31.9 Å². The molecule has 0 aliphatic carbocycles. The molecule has 0 bridgehead atoms. The van der Waals surface area contributed by atoms with E-state index >= 15 is 0 Å². The number of carbonyl (C=O) groups is 8. The number of carboxylic acids is 2. The smallest absolute Gasteiger partial charge is 0.544 e. The maximum Gasteiger partial charge on any atom is 1.00 e. The summed E-state index contributed by atoms with van der Waals surface area (Å²) in [5, 5.41) is 109. The van der Waals surface area contributed by atoms with Crippen LogP contribution in [0.1, 0.15) is 81.0 Å². The predicted molar refractivity (Wildman–Crippen MR) is 410 cm³/mol. The van der Waals surface area contributed by atoms with Crippen molar-refractivity contribution in [2.45, 2.75) is 112 Å².